The van der Waals surface area contributed by atoms with Crippen LogP contribution in [0.1, 0.15) is 43.7 Å². The summed E-state index contributed by atoms with van der Waals surface area (Å²) in [4.78, 5) is 23.8. The number of carboxylic acid groups (broad SMARTS) is 1. The molecule has 1 amide bonds. The summed E-state index contributed by atoms with van der Waals surface area (Å²) in [5, 5.41) is 12.1. The predicted octanol–water partition coefficient (Wildman–Crippen LogP) is 3.28. The third kappa shape index (κ3) is 4.00. The van der Waals surface area contributed by atoms with Gasteiger partial charge in [-0.3, -0.25) is 4.79 Å². The van der Waals surface area contributed by atoms with Crippen LogP contribution in [0.15, 0.2) is 22.7 Å². The molecule has 6 heteroatoms. The molecule has 120 valence electrons. The summed E-state index contributed by atoms with van der Waals surface area (Å²) in [5.41, 5.74) is 0.518. The average molecular weight is 370 g/mol. The Balaban J connectivity index is 2.14. The van der Waals surface area contributed by atoms with Crippen LogP contribution >= 0.6 is 15.9 Å². The van der Waals surface area contributed by atoms with E-state index in [0.717, 1.165) is 32.1 Å². The second-order valence-electron chi connectivity index (χ2n) is 5.51. The zero-order valence-electron chi connectivity index (χ0n) is 12.5. The number of carboxylic acids is 1. The quantitative estimate of drug-likeness (QED) is 0.834. The molecule has 1 aliphatic rings. The highest BCUT2D eigenvalue weighted by Gasteiger charge is 2.27. The second-order valence-corrected chi connectivity index (χ2v) is 6.36. The van der Waals surface area contributed by atoms with E-state index in [9.17, 15) is 14.7 Å². The summed E-state index contributed by atoms with van der Waals surface area (Å²) >= 11 is 3.34. The van der Waals surface area contributed by atoms with Crippen molar-refractivity contribution in [2.45, 2.75) is 38.1 Å². The van der Waals surface area contributed by atoms with Crippen molar-refractivity contribution in [1.82, 2.24) is 5.32 Å². The maximum Gasteiger partial charge on any atom is 0.330 e. The van der Waals surface area contributed by atoms with Gasteiger partial charge in [0.1, 0.15) is 5.75 Å². The minimum absolute atomic E-state index is 0.0720. The first-order valence-corrected chi connectivity index (χ1v) is 8.19. The van der Waals surface area contributed by atoms with Crippen molar-refractivity contribution in [3.05, 3.63) is 28.2 Å². The van der Waals surface area contributed by atoms with Crippen LogP contribution in [-0.4, -0.2) is 24.1 Å². The maximum atomic E-state index is 12.3. The number of benzene rings is 1. The first kappa shape index (κ1) is 16.8. The van der Waals surface area contributed by atoms with Gasteiger partial charge in [0.15, 0.2) is 6.04 Å². The Bertz CT molecular complexity index is 555. The van der Waals surface area contributed by atoms with Crippen molar-refractivity contribution in [1.29, 1.82) is 0 Å². The molecule has 0 aliphatic heterocycles. The van der Waals surface area contributed by atoms with Crippen LogP contribution in [0.3, 0.4) is 0 Å². The van der Waals surface area contributed by atoms with Crippen LogP contribution in [0.2, 0.25) is 0 Å². The van der Waals surface area contributed by atoms with E-state index in [1.54, 1.807) is 25.3 Å². The highest BCUT2D eigenvalue weighted by Crippen LogP contribution is 2.29. The number of nitrogens with one attached hydrogen (secondary N) is 1. The summed E-state index contributed by atoms with van der Waals surface area (Å²) in [7, 11) is 1.54. The van der Waals surface area contributed by atoms with Crippen molar-refractivity contribution in [3.8, 4) is 5.75 Å². The largest absolute Gasteiger partial charge is 0.496 e. The average Bonchev–Trinajstić information content (AvgIpc) is 2.52. The lowest BCUT2D eigenvalue weighted by molar-refractivity contribution is -0.142. The summed E-state index contributed by atoms with van der Waals surface area (Å²) in [6.45, 7) is 0. The van der Waals surface area contributed by atoms with Gasteiger partial charge in [-0.15, -0.1) is 0 Å². The van der Waals surface area contributed by atoms with E-state index in [1.165, 1.54) is 0 Å². The minimum atomic E-state index is -1.07. The lowest BCUT2D eigenvalue weighted by Crippen LogP contribution is -2.38. The minimum Gasteiger partial charge on any atom is -0.496 e. The van der Waals surface area contributed by atoms with Gasteiger partial charge in [0.05, 0.1) is 11.6 Å². The molecule has 0 spiro atoms. The number of methoxy groups -OCH3 is 1. The van der Waals surface area contributed by atoms with Gasteiger partial charge >= 0.3 is 5.97 Å². The third-order valence-electron chi connectivity index (χ3n) is 4.02. The molecule has 0 saturated heterocycles. The molecular formula is C16H20BrNO4. The molecule has 1 atom stereocenters. The number of carbonyl (C=O) groups is 2. The van der Waals surface area contributed by atoms with Gasteiger partial charge in [0.2, 0.25) is 5.91 Å². The smallest absolute Gasteiger partial charge is 0.330 e. The molecule has 1 fully saturated rings. The molecular weight excluding hydrogens is 350 g/mol. The summed E-state index contributed by atoms with van der Waals surface area (Å²) in [6, 6.07) is 3.96. The van der Waals surface area contributed by atoms with Gasteiger partial charge < -0.3 is 15.2 Å². The fourth-order valence-electron chi connectivity index (χ4n) is 2.77. The number of hydrogen-bond donors (Lipinski definition) is 2. The number of amides is 1. The summed E-state index contributed by atoms with van der Waals surface area (Å²) < 4.78 is 5.79. The fourth-order valence-corrected chi connectivity index (χ4v) is 3.33. The Labute approximate surface area is 138 Å². The van der Waals surface area contributed by atoms with Crippen LogP contribution in [0.4, 0.5) is 0 Å². The molecule has 0 heterocycles. The number of carbonyl (C=O) groups excluding carboxylic acids is 1. The van der Waals surface area contributed by atoms with Crippen molar-refractivity contribution in [2.24, 2.45) is 5.92 Å². The number of halogens is 1. The van der Waals surface area contributed by atoms with E-state index < -0.39 is 12.0 Å². The Morgan fingerprint density at radius 2 is 2.00 bits per heavy atom. The second kappa shape index (κ2) is 7.63. The summed E-state index contributed by atoms with van der Waals surface area (Å²) in [5.74, 6) is -0.691. The van der Waals surface area contributed by atoms with Crippen LogP contribution in [0, 0.1) is 5.92 Å². The third-order valence-corrected chi connectivity index (χ3v) is 4.64. The molecule has 1 aliphatic carbocycles. The lowest BCUT2D eigenvalue weighted by Gasteiger charge is -2.23. The SMILES string of the molecule is COc1ccc(C(NC(=O)C2CCCCC2)C(=O)O)cc1Br. The highest BCUT2D eigenvalue weighted by molar-refractivity contribution is 9.10. The number of hydrogen-bond acceptors (Lipinski definition) is 3. The molecule has 2 N–H and O–H groups in total. The zero-order valence-corrected chi connectivity index (χ0v) is 14.1. The standard InChI is InChI=1S/C16H20BrNO4/c1-22-13-8-7-11(9-12(13)17)14(16(20)21)18-15(19)10-5-3-2-4-6-10/h7-10,14H,2-6H2,1H3,(H,18,19)(H,20,21). The van der Waals surface area contributed by atoms with E-state index >= 15 is 0 Å². The van der Waals surface area contributed by atoms with Gasteiger partial charge in [-0.05, 0) is 46.5 Å². The van der Waals surface area contributed by atoms with Crippen molar-refractivity contribution in [3.63, 3.8) is 0 Å². The van der Waals surface area contributed by atoms with Crippen molar-refractivity contribution in [2.75, 3.05) is 7.11 Å². The molecule has 0 radical (unpaired) electrons. The molecule has 1 unspecified atom stereocenters. The van der Waals surface area contributed by atoms with E-state index in [4.69, 9.17) is 4.74 Å². The molecule has 1 aromatic rings. The molecule has 1 saturated carbocycles. The van der Waals surface area contributed by atoms with E-state index in [1.807, 2.05) is 0 Å². The topological polar surface area (TPSA) is 75.6 Å². The normalized spacial score (nSPS) is 16.8. The zero-order chi connectivity index (χ0) is 16.1. The molecule has 5 nitrogen and oxygen atoms in total. The van der Waals surface area contributed by atoms with Gasteiger partial charge in [0.25, 0.3) is 0 Å². The fraction of sp³-hybridized carbons (Fsp3) is 0.500. The monoisotopic (exact) mass is 369 g/mol. The summed E-state index contributed by atoms with van der Waals surface area (Å²) in [6.07, 6.45) is 4.89. The lowest BCUT2D eigenvalue weighted by atomic mass is 9.88. The van der Waals surface area contributed by atoms with Crippen LogP contribution in [0.5, 0.6) is 5.75 Å². The number of rotatable bonds is 5. The first-order valence-electron chi connectivity index (χ1n) is 7.39. The highest BCUT2D eigenvalue weighted by atomic mass is 79.9. The van der Waals surface area contributed by atoms with Crippen molar-refractivity contribution < 1.29 is 19.4 Å². The Kier molecular flexibility index (Phi) is 5.83. The van der Waals surface area contributed by atoms with Gasteiger partial charge in [-0.25, -0.2) is 4.79 Å². The maximum absolute atomic E-state index is 12.3. The number of aliphatic carboxylic acids is 1. The van der Waals surface area contributed by atoms with Crippen LogP contribution in [0.25, 0.3) is 0 Å². The van der Waals surface area contributed by atoms with Gasteiger partial charge in [0, 0.05) is 5.92 Å². The molecule has 2 rings (SSSR count). The van der Waals surface area contributed by atoms with Gasteiger partial charge in [-0.1, -0.05) is 25.3 Å². The van der Waals surface area contributed by atoms with Gasteiger partial charge in [-0.2, -0.15) is 0 Å². The molecule has 1 aromatic carbocycles. The van der Waals surface area contributed by atoms with E-state index in [2.05, 4.69) is 21.2 Å². The van der Waals surface area contributed by atoms with Crippen molar-refractivity contribution >= 4 is 27.8 Å². The predicted molar refractivity (Wildman–Crippen MR) is 85.8 cm³/mol. The molecule has 22 heavy (non-hydrogen) atoms. The molecule has 0 aromatic heterocycles. The Morgan fingerprint density at radius 3 is 2.55 bits per heavy atom. The van der Waals surface area contributed by atoms with Crippen LogP contribution in [-0.2, 0) is 9.59 Å². The van der Waals surface area contributed by atoms with E-state index in [0.29, 0.717) is 15.8 Å². The van der Waals surface area contributed by atoms with E-state index in [-0.39, 0.29) is 11.8 Å². The molecule has 0 bridgehead atoms. The van der Waals surface area contributed by atoms with Crippen LogP contribution < -0.4 is 10.1 Å². The Morgan fingerprint density at radius 1 is 1.32 bits per heavy atom. The first-order chi connectivity index (χ1) is 10.5. The Hall–Kier alpha value is -1.56. The number of ether oxygens (including phenoxy) is 1.